The van der Waals surface area contributed by atoms with Gasteiger partial charge in [-0.15, -0.1) is 0 Å². The number of aryl methyl sites for hydroxylation is 1. The van der Waals surface area contributed by atoms with Crippen molar-refractivity contribution < 1.29 is 9.47 Å². The molecule has 5 nitrogen and oxygen atoms in total. The SMILES string of the molecule is Cn1c(C2CCN(Cc3ccc4c(c3)OCO4)C2)nc2ccccc21. The minimum Gasteiger partial charge on any atom is -0.454 e. The van der Waals surface area contributed by atoms with Crippen LogP contribution in [0.25, 0.3) is 11.0 Å². The highest BCUT2D eigenvalue weighted by Gasteiger charge is 2.28. The highest BCUT2D eigenvalue weighted by atomic mass is 16.7. The Labute approximate surface area is 146 Å². The van der Waals surface area contributed by atoms with Gasteiger partial charge in [0.2, 0.25) is 6.79 Å². The standard InChI is InChI=1S/C20H21N3O2/c1-22-17-5-3-2-4-16(17)21-20(22)15-8-9-23(12-15)11-14-6-7-18-19(10-14)25-13-24-18/h2-7,10,15H,8-9,11-13H2,1H3. The highest BCUT2D eigenvalue weighted by molar-refractivity contribution is 5.75. The van der Waals surface area contributed by atoms with Crippen LogP contribution in [0.5, 0.6) is 11.5 Å². The lowest BCUT2D eigenvalue weighted by molar-refractivity contribution is 0.174. The van der Waals surface area contributed by atoms with Crippen LogP contribution in [-0.4, -0.2) is 34.3 Å². The first-order chi connectivity index (χ1) is 12.3. The first kappa shape index (κ1) is 14.8. The zero-order valence-corrected chi connectivity index (χ0v) is 14.3. The van der Waals surface area contributed by atoms with Gasteiger partial charge in [0.15, 0.2) is 11.5 Å². The highest BCUT2D eigenvalue weighted by Crippen LogP contribution is 2.34. The zero-order valence-electron chi connectivity index (χ0n) is 14.3. The molecule has 0 spiro atoms. The number of likely N-dealkylation sites (tertiary alicyclic amines) is 1. The zero-order chi connectivity index (χ0) is 16.8. The van der Waals surface area contributed by atoms with E-state index >= 15 is 0 Å². The van der Waals surface area contributed by atoms with E-state index < -0.39 is 0 Å². The summed E-state index contributed by atoms with van der Waals surface area (Å²) in [5.41, 5.74) is 3.58. The summed E-state index contributed by atoms with van der Waals surface area (Å²) in [5.74, 6) is 3.41. The van der Waals surface area contributed by atoms with Crippen molar-refractivity contribution in [3.8, 4) is 11.5 Å². The number of benzene rings is 2. The third kappa shape index (κ3) is 2.55. The molecule has 3 heterocycles. The number of ether oxygens (including phenoxy) is 2. The van der Waals surface area contributed by atoms with Crippen molar-refractivity contribution >= 4 is 11.0 Å². The molecule has 5 rings (SSSR count). The van der Waals surface area contributed by atoms with Gasteiger partial charge in [-0.1, -0.05) is 18.2 Å². The van der Waals surface area contributed by atoms with E-state index in [0.29, 0.717) is 12.7 Å². The number of nitrogens with zero attached hydrogens (tertiary/aromatic N) is 3. The topological polar surface area (TPSA) is 39.5 Å². The third-order valence-electron chi connectivity index (χ3n) is 5.30. The molecule has 3 aromatic rings. The maximum Gasteiger partial charge on any atom is 0.231 e. The Morgan fingerprint density at radius 2 is 2.00 bits per heavy atom. The Balaban J connectivity index is 1.33. The monoisotopic (exact) mass is 335 g/mol. The summed E-state index contributed by atoms with van der Waals surface area (Å²) < 4.78 is 13.1. The molecule has 0 saturated carbocycles. The number of rotatable bonds is 3. The Morgan fingerprint density at radius 3 is 2.92 bits per heavy atom. The van der Waals surface area contributed by atoms with Gasteiger partial charge < -0.3 is 14.0 Å². The minimum atomic E-state index is 0.331. The average Bonchev–Trinajstić information content (AvgIpc) is 3.34. The molecule has 0 N–H and O–H groups in total. The molecule has 1 atom stereocenters. The molecule has 2 aliphatic heterocycles. The molecule has 0 amide bonds. The molecule has 1 aromatic heterocycles. The van der Waals surface area contributed by atoms with Gasteiger partial charge in [-0.3, -0.25) is 4.90 Å². The largest absolute Gasteiger partial charge is 0.454 e. The van der Waals surface area contributed by atoms with E-state index in [4.69, 9.17) is 14.5 Å². The van der Waals surface area contributed by atoms with E-state index in [1.165, 1.54) is 16.9 Å². The maximum absolute atomic E-state index is 5.49. The predicted octanol–water partition coefficient (Wildman–Crippen LogP) is 3.29. The fourth-order valence-electron chi connectivity index (χ4n) is 4.01. The number of hydrogen-bond donors (Lipinski definition) is 0. The lowest BCUT2D eigenvalue weighted by atomic mass is 10.1. The summed E-state index contributed by atoms with van der Waals surface area (Å²) in [6.07, 6.45) is 1.15. The van der Waals surface area contributed by atoms with Gasteiger partial charge in [0.1, 0.15) is 5.82 Å². The van der Waals surface area contributed by atoms with Gasteiger partial charge in [-0.2, -0.15) is 0 Å². The number of para-hydroxylation sites is 2. The number of imidazole rings is 1. The molecule has 2 aliphatic rings. The molecule has 1 saturated heterocycles. The third-order valence-corrected chi connectivity index (χ3v) is 5.30. The molecule has 1 unspecified atom stereocenters. The molecule has 0 aliphatic carbocycles. The lowest BCUT2D eigenvalue weighted by Crippen LogP contribution is -2.20. The van der Waals surface area contributed by atoms with E-state index in [1.807, 2.05) is 6.07 Å². The number of hydrogen-bond acceptors (Lipinski definition) is 4. The van der Waals surface area contributed by atoms with Gasteiger partial charge in [-0.05, 0) is 42.8 Å². The van der Waals surface area contributed by atoms with Crippen molar-refractivity contribution in [2.45, 2.75) is 18.9 Å². The van der Waals surface area contributed by atoms with Gasteiger partial charge in [0.05, 0.1) is 11.0 Å². The second-order valence-electron chi connectivity index (χ2n) is 6.93. The molecule has 128 valence electrons. The number of aromatic nitrogens is 2. The molecular weight excluding hydrogens is 314 g/mol. The van der Waals surface area contributed by atoms with E-state index in [9.17, 15) is 0 Å². The fourth-order valence-corrected chi connectivity index (χ4v) is 4.01. The molecule has 1 fully saturated rings. The quantitative estimate of drug-likeness (QED) is 0.736. The second kappa shape index (κ2) is 5.77. The lowest BCUT2D eigenvalue weighted by Gasteiger charge is -2.16. The van der Waals surface area contributed by atoms with Gasteiger partial charge >= 0.3 is 0 Å². The van der Waals surface area contributed by atoms with Crippen LogP contribution in [0.15, 0.2) is 42.5 Å². The summed E-state index contributed by atoms with van der Waals surface area (Å²) >= 11 is 0. The van der Waals surface area contributed by atoms with Crippen LogP contribution in [0.3, 0.4) is 0 Å². The Bertz CT molecular complexity index is 934. The van der Waals surface area contributed by atoms with Crippen molar-refractivity contribution in [3.05, 3.63) is 53.9 Å². The van der Waals surface area contributed by atoms with Crippen LogP contribution in [0.2, 0.25) is 0 Å². The molecule has 2 aromatic carbocycles. The van der Waals surface area contributed by atoms with Crippen molar-refractivity contribution in [1.82, 2.24) is 14.5 Å². The van der Waals surface area contributed by atoms with Crippen LogP contribution in [-0.2, 0) is 13.6 Å². The Kier molecular flexibility index (Phi) is 3.41. The van der Waals surface area contributed by atoms with Crippen LogP contribution >= 0.6 is 0 Å². The smallest absolute Gasteiger partial charge is 0.231 e. The first-order valence-corrected chi connectivity index (χ1v) is 8.80. The summed E-state index contributed by atoms with van der Waals surface area (Å²) in [5, 5.41) is 0. The van der Waals surface area contributed by atoms with Crippen LogP contribution in [0.4, 0.5) is 0 Å². The van der Waals surface area contributed by atoms with Crippen LogP contribution in [0, 0.1) is 0 Å². The fraction of sp³-hybridized carbons (Fsp3) is 0.350. The van der Waals surface area contributed by atoms with Gasteiger partial charge in [0.25, 0.3) is 0 Å². The maximum atomic E-state index is 5.49. The van der Waals surface area contributed by atoms with Crippen molar-refractivity contribution in [2.24, 2.45) is 7.05 Å². The van der Waals surface area contributed by atoms with Gasteiger partial charge in [0, 0.05) is 26.1 Å². The first-order valence-electron chi connectivity index (χ1n) is 8.80. The van der Waals surface area contributed by atoms with Crippen LogP contribution in [0.1, 0.15) is 23.7 Å². The van der Waals surface area contributed by atoms with Crippen molar-refractivity contribution in [2.75, 3.05) is 19.9 Å². The molecule has 0 bridgehead atoms. The van der Waals surface area contributed by atoms with E-state index in [1.54, 1.807) is 0 Å². The summed E-state index contributed by atoms with van der Waals surface area (Å²) in [4.78, 5) is 7.38. The molecular formula is C20H21N3O2. The normalized spacial score (nSPS) is 19.8. The Hall–Kier alpha value is -2.53. The van der Waals surface area contributed by atoms with E-state index in [0.717, 1.165) is 43.1 Å². The predicted molar refractivity (Wildman–Crippen MR) is 95.9 cm³/mol. The second-order valence-corrected chi connectivity index (χ2v) is 6.93. The molecule has 0 radical (unpaired) electrons. The van der Waals surface area contributed by atoms with E-state index in [2.05, 4.69) is 52.9 Å². The molecule has 25 heavy (non-hydrogen) atoms. The summed E-state index contributed by atoms with van der Waals surface area (Å²) in [7, 11) is 2.13. The average molecular weight is 335 g/mol. The minimum absolute atomic E-state index is 0.331. The van der Waals surface area contributed by atoms with Gasteiger partial charge in [-0.25, -0.2) is 4.98 Å². The van der Waals surface area contributed by atoms with Crippen molar-refractivity contribution in [3.63, 3.8) is 0 Å². The molecule has 5 heteroatoms. The van der Waals surface area contributed by atoms with Crippen molar-refractivity contribution in [1.29, 1.82) is 0 Å². The van der Waals surface area contributed by atoms with E-state index in [-0.39, 0.29) is 0 Å². The summed E-state index contributed by atoms with van der Waals surface area (Å²) in [6, 6.07) is 14.6. The number of fused-ring (bicyclic) bond motifs is 2. The Morgan fingerprint density at radius 1 is 1.12 bits per heavy atom. The summed E-state index contributed by atoms with van der Waals surface area (Å²) in [6.45, 7) is 3.42. The van der Waals surface area contributed by atoms with Crippen LogP contribution < -0.4 is 9.47 Å².